The van der Waals surface area contributed by atoms with Gasteiger partial charge in [0.25, 0.3) is 5.69 Å². The molecule has 0 spiro atoms. The molecule has 2 aliphatic heterocycles. The van der Waals surface area contributed by atoms with Crippen LogP contribution in [0.4, 0.5) is 22.7 Å². The van der Waals surface area contributed by atoms with Gasteiger partial charge in [-0.3, -0.25) is 19.7 Å². The van der Waals surface area contributed by atoms with Gasteiger partial charge in [0.1, 0.15) is 5.69 Å². The number of benzene rings is 2. The molecular formula is C26H28N4O4. The zero-order chi connectivity index (χ0) is 24.0. The van der Waals surface area contributed by atoms with E-state index in [1.165, 1.54) is 11.6 Å². The number of nitro benzene ring substituents is 1. The van der Waals surface area contributed by atoms with E-state index in [9.17, 15) is 19.7 Å². The zero-order valence-electron chi connectivity index (χ0n) is 19.4. The van der Waals surface area contributed by atoms with Crippen molar-refractivity contribution in [1.82, 2.24) is 0 Å². The molecular weight excluding hydrogens is 432 g/mol. The Bertz CT molecular complexity index is 1150. The predicted molar refractivity (Wildman–Crippen MR) is 131 cm³/mol. The van der Waals surface area contributed by atoms with Crippen LogP contribution < -0.4 is 14.7 Å². The first-order chi connectivity index (χ1) is 16.3. The molecule has 0 unspecified atom stereocenters. The Kier molecular flexibility index (Phi) is 5.59. The zero-order valence-corrected chi connectivity index (χ0v) is 19.4. The van der Waals surface area contributed by atoms with Crippen LogP contribution in [0.15, 0.2) is 54.6 Å². The molecule has 0 aromatic heterocycles. The first kappa shape index (κ1) is 22.1. The number of hydrogen-bond donors (Lipinski definition) is 0. The fourth-order valence-corrected chi connectivity index (χ4v) is 5.42. The van der Waals surface area contributed by atoms with E-state index in [1.807, 2.05) is 17.1 Å². The summed E-state index contributed by atoms with van der Waals surface area (Å²) in [5.41, 5.74) is 3.07. The van der Waals surface area contributed by atoms with Gasteiger partial charge in [-0.1, -0.05) is 29.8 Å². The van der Waals surface area contributed by atoms with Crippen molar-refractivity contribution in [3.63, 3.8) is 0 Å². The Morgan fingerprint density at radius 1 is 0.912 bits per heavy atom. The van der Waals surface area contributed by atoms with Gasteiger partial charge < -0.3 is 9.80 Å². The molecule has 5 rings (SSSR count). The summed E-state index contributed by atoms with van der Waals surface area (Å²) in [7, 11) is 0. The van der Waals surface area contributed by atoms with Crippen LogP contribution in [0.5, 0.6) is 0 Å². The lowest BCUT2D eigenvalue weighted by atomic mass is 9.85. The number of anilines is 3. The van der Waals surface area contributed by atoms with Crippen molar-refractivity contribution in [2.45, 2.75) is 32.7 Å². The van der Waals surface area contributed by atoms with E-state index in [0.717, 1.165) is 17.1 Å². The smallest absolute Gasteiger partial charge is 0.294 e. The molecule has 1 aliphatic carbocycles. The van der Waals surface area contributed by atoms with Crippen LogP contribution in [0.2, 0.25) is 0 Å². The largest absolute Gasteiger partial charge is 0.365 e. The highest BCUT2D eigenvalue weighted by atomic mass is 16.6. The van der Waals surface area contributed by atoms with Crippen molar-refractivity contribution < 1.29 is 14.5 Å². The van der Waals surface area contributed by atoms with Gasteiger partial charge in [-0.05, 0) is 51.0 Å². The van der Waals surface area contributed by atoms with Crippen LogP contribution in [-0.2, 0) is 9.59 Å². The number of carbonyl (C=O) groups is 2. The molecule has 2 aromatic carbocycles. The molecule has 8 nitrogen and oxygen atoms in total. The quantitative estimate of drug-likeness (QED) is 0.296. The van der Waals surface area contributed by atoms with E-state index in [4.69, 9.17) is 0 Å². The second kappa shape index (κ2) is 8.59. The molecule has 176 valence electrons. The SMILES string of the molecule is Cc1ccc(N2CCN(c3ccc(N4C(=O)[C@@H]5CC=CC[C@H]5C4=O)cc3[N+](=O)[O-])C[C@H]2C)cc1. The number of allylic oxidation sites excluding steroid dienone is 2. The molecule has 2 amide bonds. The number of nitrogens with zero attached hydrogens (tertiary/aromatic N) is 4. The highest BCUT2D eigenvalue weighted by Gasteiger charge is 2.48. The first-order valence-electron chi connectivity index (χ1n) is 11.7. The topological polar surface area (TPSA) is 87.0 Å². The number of fused-ring (bicyclic) bond motifs is 1. The maximum absolute atomic E-state index is 12.9. The molecule has 2 fully saturated rings. The highest BCUT2D eigenvalue weighted by Crippen LogP contribution is 2.40. The summed E-state index contributed by atoms with van der Waals surface area (Å²) in [5, 5.41) is 12.0. The van der Waals surface area contributed by atoms with E-state index < -0.39 is 4.92 Å². The lowest BCUT2D eigenvalue weighted by Crippen LogP contribution is -2.52. The molecule has 34 heavy (non-hydrogen) atoms. The Labute approximate surface area is 198 Å². The van der Waals surface area contributed by atoms with Crippen LogP contribution >= 0.6 is 0 Å². The Hall–Kier alpha value is -3.68. The van der Waals surface area contributed by atoms with E-state index in [-0.39, 0.29) is 41.1 Å². The number of imide groups is 1. The minimum Gasteiger partial charge on any atom is -0.365 e. The summed E-state index contributed by atoms with van der Waals surface area (Å²) in [6, 6.07) is 13.3. The number of nitro groups is 1. The normalized spacial score (nSPS) is 24.5. The van der Waals surface area contributed by atoms with Crippen LogP contribution in [0.25, 0.3) is 0 Å². The monoisotopic (exact) mass is 460 g/mol. The minimum absolute atomic E-state index is 0.0814. The van der Waals surface area contributed by atoms with Gasteiger partial charge in [0, 0.05) is 37.4 Å². The van der Waals surface area contributed by atoms with Crippen molar-refractivity contribution in [3.05, 3.63) is 70.3 Å². The molecule has 3 aliphatic rings. The molecule has 3 atom stereocenters. The van der Waals surface area contributed by atoms with Crippen LogP contribution in [0, 0.1) is 28.9 Å². The standard InChI is InChI=1S/C26H28N4O4/c1-17-7-9-19(10-8-17)28-14-13-27(16-18(28)2)23-12-11-20(15-24(23)30(33)34)29-25(31)21-5-3-4-6-22(21)26(29)32/h3-4,7-12,15,18,21-22H,5-6,13-14,16H2,1-2H3/t18-,21-,22-/m1/s1. The Morgan fingerprint density at radius 3 is 2.12 bits per heavy atom. The summed E-state index contributed by atoms with van der Waals surface area (Å²) < 4.78 is 0. The minimum atomic E-state index is -0.421. The Balaban J connectivity index is 1.39. The average molecular weight is 461 g/mol. The van der Waals surface area contributed by atoms with E-state index in [2.05, 4.69) is 43.0 Å². The van der Waals surface area contributed by atoms with E-state index in [1.54, 1.807) is 12.1 Å². The molecule has 2 heterocycles. The van der Waals surface area contributed by atoms with Crippen molar-refractivity contribution >= 4 is 34.6 Å². The number of piperazine rings is 1. The van der Waals surface area contributed by atoms with E-state index >= 15 is 0 Å². The van der Waals surface area contributed by atoms with Gasteiger partial charge in [-0.25, -0.2) is 4.90 Å². The fourth-order valence-electron chi connectivity index (χ4n) is 5.42. The third-order valence-corrected chi connectivity index (χ3v) is 7.26. The Morgan fingerprint density at radius 2 is 1.53 bits per heavy atom. The van der Waals surface area contributed by atoms with Gasteiger partial charge in [0.2, 0.25) is 11.8 Å². The lowest BCUT2D eigenvalue weighted by Gasteiger charge is -2.42. The second-order valence-corrected chi connectivity index (χ2v) is 9.42. The fraction of sp³-hybridized carbons (Fsp3) is 0.385. The number of amides is 2. The van der Waals surface area contributed by atoms with Crippen molar-refractivity contribution in [1.29, 1.82) is 0 Å². The van der Waals surface area contributed by atoms with Gasteiger partial charge >= 0.3 is 0 Å². The number of hydrogen-bond acceptors (Lipinski definition) is 6. The predicted octanol–water partition coefficient (Wildman–Crippen LogP) is 4.07. The summed E-state index contributed by atoms with van der Waals surface area (Å²) in [6.45, 7) is 6.18. The molecule has 0 radical (unpaired) electrons. The van der Waals surface area contributed by atoms with Crippen LogP contribution in [0.1, 0.15) is 25.3 Å². The molecule has 0 bridgehead atoms. The number of carbonyl (C=O) groups excluding carboxylic acids is 2. The van der Waals surface area contributed by atoms with Gasteiger partial charge in [-0.2, -0.15) is 0 Å². The van der Waals surface area contributed by atoms with Crippen molar-refractivity contribution in [3.8, 4) is 0 Å². The van der Waals surface area contributed by atoms with E-state index in [0.29, 0.717) is 31.6 Å². The van der Waals surface area contributed by atoms with Crippen molar-refractivity contribution in [2.75, 3.05) is 34.3 Å². The van der Waals surface area contributed by atoms with Crippen LogP contribution in [-0.4, -0.2) is 42.4 Å². The third kappa shape index (κ3) is 3.73. The molecule has 2 aromatic rings. The molecule has 8 heteroatoms. The lowest BCUT2D eigenvalue weighted by molar-refractivity contribution is -0.384. The summed E-state index contributed by atoms with van der Waals surface area (Å²) >= 11 is 0. The summed E-state index contributed by atoms with van der Waals surface area (Å²) in [4.78, 5) is 43.0. The van der Waals surface area contributed by atoms with Gasteiger partial charge in [0.15, 0.2) is 0 Å². The van der Waals surface area contributed by atoms with Gasteiger partial charge in [-0.15, -0.1) is 0 Å². The number of rotatable bonds is 4. The second-order valence-electron chi connectivity index (χ2n) is 9.42. The summed E-state index contributed by atoms with van der Waals surface area (Å²) in [5.74, 6) is -1.26. The average Bonchev–Trinajstić information content (AvgIpc) is 3.09. The summed E-state index contributed by atoms with van der Waals surface area (Å²) in [6.07, 6.45) is 4.93. The molecule has 0 saturated carbocycles. The maximum atomic E-state index is 12.9. The third-order valence-electron chi connectivity index (χ3n) is 7.26. The van der Waals surface area contributed by atoms with Crippen LogP contribution in [0.3, 0.4) is 0 Å². The number of aryl methyl sites for hydroxylation is 1. The molecule has 0 N–H and O–H groups in total. The molecule has 2 saturated heterocycles. The van der Waals surface area contributed by atoms with Crippen molar-refractivity contribution in [2.24, 2.45) is 11.8 Å². The first-order valence-corrected chi connectivity index (χ1v) is 11.7. The highest BCUT2D eigenvalue weighted by molar-refractivity contribution is 6.22. The maximum Gasteiger partial charge on any atom is 0.294 e. The van der Waals surface area contributed by atoms with Gasteiger partial charge in [0.05, 0.1) is 22.4 Å².